The van der Waals surface area contributed by atoms with E-state index in [1.165, 1.54) is 18.2 Å². The van der Waals surface area contributed by atoms with Gasteiger partial charge in [-0.25, -0.2) is 9.37 Å². The Bertz CT molecular complexity index is 609. The first-order valence-electron chi connectivity index (χ1n) is 4.90. The highest BCUT2D eigenvalue weighted by Crippen LogP contribution is 2.33. The van der Waals surface area contributed by atoms with Crippen LogP contribution in [-0.4, -0.2) is 9.97 Å². The van der Waals surface area contributed by atoms with Gasteiger partial charge in [0.1, 0.15) is 17.3 Å². The van der Waals surface area contributed by atoms with E-state index in [1.54, 1.807) is 6.92 Å². The first-order valence-corrected chi connectivity index (χ1v) is 6.07. The third-order valence-corrected chi connectivity index (χ3v) is 3.00. The number of nitrogens with two attached hydrogens (primary N) is 1. The maximum atomic E-state index is 13.1. The quantitative estimate of drug-likeness (QED) is 0.852. The summed E-state index contributed by atoms with van der Waals surface area (Å²) in [5.74, 6) is -0.0710. The summed E-state index contributed by atoms with van der Waals surface area (Å²) in [4.78, 5) is 7.74. The lowest BCUT2D eigenvalue weighted by atomic mass is 10.3. The van der Waals surface area contributed by atoms with Gasteiger partial charge in [-0.3, -0.25) is 0 Å². The summed E-state index contributed by atoms with van der Waals surface area (Å²) < 4.78 is 19.1. The van der Waals surface area contributed by atoms with Gasteiger partial charge >= 0.3 is 0 Å². The van der Waals surface area contributed by atoms with Crippen molar-refractivity contribution in [3.05, 3.63) is 39.5 Å². The molecule has 1 heterocycles. The fraction of sp³-hybridized carbons (Fsp3) is 0.0909. The van der Waals surface area contributed by atoms with Gasteiger partial charge in [0.25, 0.3) is 0 Å². The lowest BCUT2D eigenvalue weighted by Gasteiger charge is -2.10. The molecule has 94 valence electrons. The van der Waals surface area contributed by atoms with Gasteiger partial charge in [-0.05, 0) is 46.6 Å². The molecule has 0 unspecified atom stereocenters. The number of aromatic nitrogens is 2. The van der Waals surface area contributed by atoms with Crippen LogP contribution in [0.25, 0.3) is 0 Å². The van der Waals surface area contributed by atoms with Crippen LogP contribution in [0.3, 0.4) is 0 Å². The van der Waals surface area contributed by atoms with E-state index in [0.717, 1.165) is 0 Å². The number of halogens is 3. The van der Waals surface area contributed by atoms with Crippen molar-refractivity contribution in [1.29, 1.82) is 0 Å². The molecule has 1 aromatic carbocycles. The van der Waals surface area contributed by atoms with E-state index in [2.05, 4.69) is 25.9 Å². The molecule has 0 aliphatic heterocycles. The Morgan fingerprint density at radius 2 is 2.11 bits per heavy atom. The molecule has 2 aromatic rings. The smallest absolute Gasteiger partial charge is 0.247 e. The number of nitrogens with zero attached hydrogens (tertiary/aromatic N) is 2. The van der Waals surface area contributed by atoms with Crippen LogP contribution in [0.4, 0.5) is 10.1 Å². The molecule has 0 radical (unpaired) electrons. The zero-order chi connectivity index (χ0) is 13.3. The first-order chi connectivity index (χ1) is 8.47. The predicted molar refractivity (Wildman–Crippen MR) is 70.4 cm³/mol. The van der Waals surface area contributed by atoms with Gasteiger partial charge in [0.05, 0.1) is 10.2 Å². The van der Waals surface area contributed by atoms with Crippen LogP contribution < -0.4 is 10.5 Å². The van der Waals surface area contributed by atoms with Crippen LogP contribution in [0.1, 0.15) is 5.69 Å². The minimum Gasteiger partial charge on any atom is -0.436 e. The van der Waals surface area contributed by atoms with Crippen molar-refractivity contribution >= 4 is 33.2 Å². The monoisotopic (exact) mass is 331 g/mol. The number of rotatable bonds is 2. The van der Waals surface area contributed by atoms with Gasteiger partial charge in [-0.15, -0.1) is 0 Å². The fourth-order valence-corrected chi connectivity index (χ4v) is 1.79. The molecule has 0 fully saturated rings. The molecule has 4 nitrogen and oxygen atoms in total. The maximum Gasteiger partial charge on any atom is 0.247 e. The fourth-order valence-electron chi connectivity index (χ4n) is 1.26. The SMILES string of the molecule is Cc1nc(Cl)nc(Oc2cc(F)ccc2Br)c1N. The molecule has 2 N–H and O–H groups in total. The lowest BCUT2D eigenvalue weighted by molar-refractivity contribution is 0.456. The van der Waals surface area contributed by atoms with E-state index in [-0.39, 0.29) is 22.6 Å². The Hall–Kier alpha value is -1.40. The summed E-state index contributed by atoms with van der Waals surface area (Å²) in [6.07, 6.45) is 0. The number of benzene rings is 1. The average molecular weight is 333 g/mol. The summed E-state index contributed by atoms with van der Waals surface area (Å²) in [5, 5.41) is 0.0178. The second kappa shape index (κ2) is 5.07. The zero-order valence-electron chi connectivity index (χ0n) is 9.25. The molecule has 0 saturated heterocycles. The highest BCUT2D eigenvalue weighted by Gasteiger charge is 2.12. The second-order valence-electron chi connectivity index (χ2n) is 3.47. The van der Waals surface area contributed by atoms with E-state index in [0.29, 0.717) is 10.2 Å². The Balaban J connectivity index is 2.43. The molecule has 0 bridgehead atoms. The normalized spacial score (nSPS) is 10.4. The van der Waals surface area contributed by atoms with E-state index in [4.69, 9.17) is 22.1 Å². The number of ether oxygens (including phenoxy) is 1. The third kappa shape index (κ3) is 2.70. The molecule has 0 spiro atoms. The molecule has 0 aliphatic carbocycles. The summed E-state index contributed by atoms with van der Waals surface area (Å²) in [6.45, 7) is 1.68. The molecule has 0 amide bonds. The molecular weight excluding hydrogens is 324 g/mol. The van der Waals surface area contributed by atoms with E-state index >= 15 is 0 Å². The van der Waals surface area contributed by atoms with Crippen molar-refractivity contribution in [2.75, 3.05) is 5.73 Å². The van der Waals surface area contributed by atoms with E-state index < -0.39 is 5.82 Å². The van der Waals surface area contributed by atoms with Crippen LogP contribution in [0, 0.1) is 12.7 Å². The molecule has 1 aromatic heterocycles. The van der Waals surface area contributed by atoms with Gasteiger partial charge in [0, 0.05) is 6.07 Å². The summed E-state index contributed by atoms with van der Waals surface area (Å²) in [5.41, 5.74) is 6.53. The van der Waals surface area contributed by atoms with Gasteiger partial charge in [0.2, 0.25) is 11.2 Å². The number of hydrogen-bond donors (Lipinski definition) is 1. The average Bonchev–Trinajstić information content (AvgIpc) is 2.30. The van der Waals surface area contributed by atoms with Crippen molar-refractivity contribution < 1.29 is 9.13 Å². The van der Waals surface area contributed by atoms with Gasteiger partial charge < -0.3 is 10.5 Å². The number of hydrogen-bond acceptors (Lipinski definition) is 4. The summed E-state index contributed by atoms with van der Waals surface area (Å²) in [7, 11) is 0. The molecule has 0 atom stereocenters. The van der Waals surface area contributed by atoms with Crippen molar-refractivity contribution in [1.82, 2.24) is 9.97 Å². The Labute approximate surface area is 116 Å². The van der Waals surface area contributed by atoms with Crippen molar-refractivity contribution in [3.63, 3.8) is 0 Å². The molecule has 18 heavy (non-hydrogen) atoms. The van der Waals surface area contributed by atoms with Crippen LogP contribution >= 0.6 is 27.5 Å². The van der Waals surface area contributed by atoms with Crippen molar-refractivity contribution in [2.45, 2.75) is 6.92 Å². The molecule has 0 aliphatic rings. The third-order valence-electron chi connectivity index (χ3n) is 2.17. The highest BCUT2D eigenvalue weighted by molar-refractivity contribution is 9.10. The predicted octanol–water partition coefficient (Wildman–Crippen LogP) is 3.71. The molecular formula is C11H8BrClFN3O. The standard InChI is InChI=1S/C11H8BrClFN3O/c1-5-9(15)10(17-11(13)16-5)18-8-4-6(14)2-3-7(8)12/h2-4H,15H2,1H3. The van der Waals surface area contributed by atoms with Gasteiger partial charge in [-0.2, -0.15) is 4.98 Å². The zero-order valence-corrected chi connectivity index (χ0v) is 11.6. The van der Waals surface area contributed by atoms with Crippen LogP contribution in [0.5, 0.6) is 11.6 Å². The van der Waals surface area contributed by atoms with Crippen LogP contribution in [-0.2, 0) is 0 Å². The number of aryl methyl sites for hydroxylation is 1. The number of nitrogen functional groups attached to an aromatic ring is 1. The molecule has 0 saturated carbocycles. The highest BCUT2D eigenvalue weighted by atomic mass is 79.9. The van der Waals surface area contributed by atoms with Crippen LogP contribution in [0.15, 0.2) is 22.7 Å². The van der Waals surface area contributed by atoms with Crippen molar-refractivity contribution in [3.8, 4) is 11.6 Å². The minimum atomic E-state index is -0.427. The van der Waals surface area contributed by atoms with E-state index in [9.17, 15) is 4.39 Å². The topological polar surface area (TPSA) is 61.0 Å². The van der Waals surface area contributed by atoms with Gasteiger partial charge in [-0.1, -0.05) is 0 Å². The van der Waals surface area contributed by atoms with Crippen molar-refractivity contribution in [2.24, 2.45) is 0 Å². The van der Waals surface area contributed by atoms with Crippen LogP contribution in [0.2, 0.25) is 5.28 Å². The summed E-state index contributed by atoms with van der Waals surface area (Å²) in [6, 6.07) is 4.05. The Morgan fingerprint density at radius 3 is 2.83 bits per heavy atom. The van der Waals surface area contributed by atoms with Gasteiger partial charge in [0.15, 0.2) is 0 Å². The maximum absolute atomic E-state index is 13.1. The van der Waals surface area contributed by atoms with E-state index in [1.807, 2.05) is 0 Å². The number of anilines is 1. The Kier molecular flexibility index (Phi) is 3.68. The minimum absolute atomic E-state index is 0.0178. The Morgan fingerprint density at radius 1 is 1.39 bits per heavy atom. The lowest BCUT2D eigenvalue weighted by Crippen LogP contribution is -2.01. The molecule has 2 rings (SSSR count). The first kappa shape index (κ1) is 13.0. The molecule has 7 heteroatoms. The summed E-state index contributed by atoms with van der Waals surface area (Å²) >= 11 is 8.96. The second-order valence-corrected chi connectivity index (χ2v) is 4.67. The largest absolute Gasteiger partial charge is 0.436 e.